The molecule has 1 atom stereocenters. The molecule has 3 nitrogen and oxygen atoms in total. The van der Waals surface area contributed by atoms with Crippen molar-refractivity contribution in [3.05, 3.63) is 20.2 Å². The van der Waals surface area contributed by atoms with Gasteiger partial charge < -0.3 is 4.74 Å². The van der Waals surface area contributed by atoms with Crippen LogP contribution in [-0.2, 0) is 4.74 Å². The summed E-state index contributed by atoms with van der Waals surface area (Å²) in [5, 5.41) is 0.503. The quantitative estimate of drug-likeness (QED) is 0.632. The lowest BCUT2D eigenvalue weighted by Crippen LogP contribution is -2.08. The number of nitrogens with zero attached hydrogens (tertiary/aromatic N) is 2. The van der Waals surface area contributed by atoms with Crippen molar-refractivity contribution in [3.63, 3.8) is 0 Å². The number of rotatable bonds is 3. The van der Waals surface area contributed by atoms with Crippen molar-refractivity contribution in [3.8, 4) is 0 Å². The number of hydrogen-bond donors (Lipinski definition) is 0. The topological polar surface area (TPSA) is 35.0 Å². The fourth-order valence-electron chi connectivity index (χ4n) is 1.14. The Hall–Kier alpha value is 0.0600. The molecular weight excluding hydrogens is 314 g/mol. The molecule has 0 N–H and O–H groups in total. The highest BCUT2D eigenvalue weighted by molar-refractivity contribution is 14.1. The predicted molar refractivity (Wildman–Crippen MR) is 64.5 cm³/mol. The highest BCUT2D eigenvalue weighted by Crippen LogP contribution is 2.23. The van der Waals surface area contributed by atoms with E-state index in [2.05, 4.69) is 32.6 Å². The van der Waals surface area contributed by atoms with Crippen molar-refractivity contribution in [2.24, 2.45) is 0 Å². The third kappa shape index (κ3) is 2.55. The van der Waals surface area contributed by atoms with Gasteiger partial charge in [-0.3, -0.25) is 0 Å². The lowest BCUT2D eigenvalue weighted by molar-refractivity contribution is 0.0924. The van der Waals surface area contributed by atoms with Crippen molar-refractivity contribution < 1.29 is 4.74 Å². The molecule has 1 aromatic heterocycles. The fourth-order valence-corrected chi connectivity index (χ4v) is 1.61. The highest BCUT2D eigenvalue weighted by atomic mass is 127. The Labute approximate surface area is 102 Å². The molecule has 0 bridgehead atoms. The summed E-state index contributed by atoms with van der Waals surface area (Å²) in [6.07, 6.45) is 0.774. The Morgan fingerprint density at radius 3 is 2.57 bits per heavy atom. The Morgan fingerprint density at radius 1 is 1.50 bits per heavy atom. The first-order valence-electron chi connectivity index (χ1n) is 4.32. The third-order valence-corrected chi connectivity index (χ3v) is 3.82. The van der Waals surface area contributed by atoms with E-state index >= 15 is 0 Å². The molecule has 0 spiro atoms. The summed E-state index contributed by atoms with van der Waals surface area (Å²) in [5.41, 5.74) is 0.899. The first-order chi connectivity index (χ1) is 6.60. The minimum Gasteiger partial charge on any atom is -0.373 e. The normalized spacial score (nSPS) is 12.9. The Kier molecular flexibility index (Phi) is 4.53. The Balaban J connectivity index is 3.11. The van der Waals surface area contributed by atoms with Crippen molar-refractivity contribution >= 4 is 34.2 Å². The van der Waals surface area contributed by atoms with E-state index in [0.717, 1.165) is 15.7 Å². The molecule has 78 valence electrons. The van der Waals surface area contributed by atoms with Crippen molar-refractivity contribution in [1.29, 1.82) is 0 Å². The van der Waals surface area contributed by atoms with Gasteiger partial charge in [0.25, 0.3) is 0 Å². The molecule has 0 saturated carbocycles. The number of methoxy groups -OCH3 is 1. The zero-order valence-corrected chi connectivity index (χ0v) is 11.3. The molecule has 0 aliphatic rings. The summed E-state index contributed by atoms with van der Waals surface area (Å²) >= 11 is 8.10. The van der Waals surface area contributed by atoms with Crippen LogP contribution in [0.4, 0.5) is 0 Å². The third-order valence-electron chi connectivity index (χ3n) is 1.94. The second kappa shape index (κ2) is 5.23. The van der Waals surface area contributed by atoms with E-state index in [9.17, 15) is 0 Å². The standard InChI is InChI=1S/C9H12ClIN2O/c1-4-6(14-3)9-12-5(2)7(11)8(10)13-9/h6H,4H2,1-3H3. The van der Waals surface area contributed by atoms with Gasteiger partial charge in [0.15, 0.2) is 5.82 Å². The average Bonchev–Trinajstić information content (AvgIpc) is 2.16. The van der Waals surface area contributed by atoms with Crippen molar-refractivity contribution in [2.45, 2.75) is 26.4 Å². The van der Waals surface area contributed by atoms with Crippen molar-refractivity contribution in [2.75, 3.05) is 7.11 Å². The van der Waals surface area contributed by atoms with Crippen LogP contribution >= 0.6 is 34.2 Å². The summed E-state index contributed by atoms with van der Waals surface area (Å²) in [4.78, 5) is 8.54. The summed E-state index contributed by atoms with van der Waals surface area (Å²) in [6, 6.07) is 0. The second-order valence-electron chi connectivity index (χ2n) is 2.90. The van der Waals surface area contributed by atoms with Crippen LogP contribution in [0.5, 0.6) is 0 Å². The molecule has 0 aliphatic heterocycles. The van der Waals surface area contributed by atoms with Crippen LogP contribution in [0.15, 0.2) is 0 Å². The van der Waals surface area contributed by atoms with Gasteiger partial charge in [-0.05, 0) is 35.9 Å². The molecular formula is C9H12ClIN2O. The van der Waals surface area contributed by atoms with Gasteiger partial charge in [-0.25, -0.2) is 9.97 Å². The molecule has 1 unspecified atom stereocenters. The maximum absolute atomic E-state index is 5.96. The lowest BCUT2D eigenvalue weighted by Gasteiger charge is -2.12. The maximum Gasteiger partial charge on any atom is 0.159 e. The number of hydrogen-bond acceptors (Lipinski definition) is 3. The average molecular weight is 327 g/mol. The first-order valence-corrected chi connectivity index (χ1v) is 5.78. The predicted octanol–water partition coefficient (Wildman–Crippen LogP) is 3.14. The SMILES string of the molecule is CCC(OC)c1nc(C)c(I)c(Cl)n1. The minimum absolute atomic E-state index is 0.0665. The zero-order chi connectivity index (χ0) is 10.7. The van der Waals surface area contributed by atoms with Gasteiger partial charge in [0.1, 0.15) is 11.3 Å². The summed E-state index contributed by atoms with van der Waals surface area (Å²) in [7, 11) is 1.65. The fraction of sp³-hybridized carbons (Fsp3) is 0.556. The zero-order valence-electron chi connectivity index (χ0n) is 8.34. The van der Waals surface area contributed by atoms with Crippen molar-refractivity contribution in [1.82, 2.24) is 9.97 Å². The van der Waals surface area contributed by atoms with Crippen LogP contribution in [-0.4, -0.2) is 17.1 Å². The van der Waals surface area contributed by atoms with Gasteiger partial charge in [0, 0.05) is 7.11 Å². The number of halogens is 2. The van der Waals surface area contributed by atoms with Crippen LogP contribution in [0.1, 0.15) is 31.0 Å². The molecule has 0 saturated heterocycles. The van der Waals surface area contributed by atoms with E-state index < -0.39 is 0 Å². The van der Waals surface area contributed by atoms with Crippen LogP contribution < -0.4 is 0 Å². The monoisotopic (exact) mass is 326 g/mol. The molecule has 14 heavy (non-hydrogen) atoms. The molecule has 1 aromatic rings. The molecule has 0 fully saturated rings. The number of aryl methyl sites for hydroxylation is 1. The van der Waals surface area contributed by atoms with Gasteiger partial charge in [0.05, 0.1) is 9.26 Å². The molecule has 0 aromatic carbocycles. The molecule has 0 aliphatic carbocycles. The van der Waals surface area contributed by atoms with E-state index in [1.807, 2.05) is 13.8 Å². The lowest BCUT2D eigenvalue weighted by atomic mass is 10.2. The smallest absolute Gasteiger partial charge is 0.159 e. The maximum atomic E-state index is 5.96. The Morgan fingerprint density at radius 2 is 2.14 bits per heavy atom. The number of aromatic nitrogens is 2. The minimum atomic E-state index is -0.0665. The molecule has 1 heterocycles. The van der Waals surface area contributed by atoms with E-state index in [4.69, 9.17) is 16.3 Å². The van der Waals surface area contributed by atoms with Crippen LogP contribution in [0, 0.1) is 10.5 Å². The Bertz CT molecular complexity index is 306. The highest BCUT2D eigenvalue weighted by Gasteiger charge is 2.14. The van der Waals surface area contributed by atoms with E-state index in [0.29, 0.717) is 11.0 Å². The summed E-state index contributed by atoms with van der Waals surface area (Å²) < 4.78 is 6.15. The van der Waals surface area contributed by atoms with Gasteiger partial charge in [0.2, 0.25) is 0 Å². The largest absolute Gasteiger partial charge is 0.373 e. The first kappa shape index (κ1) is 12.1. The number of ether oxygens (including phenoxy) is 1. The van der Waals surface area contributed by atoms with E-state index in [1.165, 1.54) is 0 Å². The molecule has 1 rings (SSSR count). The van der Waals surface area contributed by atoms with E-state index in [1.54, 1.807) is 7.11 Å². The van der Waals surface area contributed by atoms with Crippen LogP contribution in [0.3, 0.4) is 0 Å². The van der Waals surface area contributed by atoms with Gasteiger partial charge in [-0.15, -0.1) is 0 Å². The van der Waals surface area contributed by atoms with Crippen LogP contribution in [0.25, 0.3) is 0 Å². The van der Waals surface area contributed by atoms with Gasteiger partial charge >= 0.3 is 0 Å². The molecule has 0 radical (unpaired) electrons. The van der Waals surface area contributed by atoms with E-state index in [-0.39, 0.29) is 6.10 Å². The molecule has 0 amide bonds. The van der Waals surface area contributed by atoms with Crippen LogP contribution in [0.2, 0.25) is 5.15 Å². The summed E-state index contributed by atoms with van der Waals surface area (Å²) in [6.45, 7) is 3.94. The second-order valence-corrected chi connectivity index (χ2v) is 4.34. The van der Waals surface area contributed by atoms with Gasteiger partial charge in [-0.2, -0.15) is 0 Å². The summed E-state index contributed by atoms with van der Waals surface area (Å²) in [5.74, 6) is 0.665. The van der Waals surface area contributed by atoms with Gasteiger partial charge in [-0.1, -0.05) is 18.5 Å². The molecule has 5 heteroatoms.